The second-order valence-corrected chi connectivity index (χ2v) is 4.10. The predicted octanol–water partition coefficient (Wildman–Crippen LogP) is 0.969. The van der Waals surface area contributed by atoms with Gasteiger partial charge in [0.25, 0.3) is 0 Å². The first kappa shape index (κ1) is 11.2. The Morgan fingerprint density at radius 3 is 2.36 bits per heavy atom. The van der Waals surface area contributed by atoms with Gasteiger partial charge in [-0.3, -0.25) is 4.18 Å². The fourth-order valence-electron chi connectivity index (χ4n) is 1.19. The summed E-state index contributed by atoms with van der Waals surface area (Å²) < 4.78 is 25.6. The van der Waals surface area contributed by atoms with Gasteiger partial charge in [0.1, 0.15) is 0 Å². The van der Waals surface area contributed by atoms with Gasteiger partial charge in [0.15, 0.2) is 0 Å². The largest absolute Gasteiger partial charge is 0.333 e. The lowest BCUT2D eigenvalue weighted by Gasteiger charge is -2.06. The maximum atomic E-state index is 10.6. The van der Waals surface area contributed by atoms with Crippen molar-refractivity contribution in [2.75, 3.05) is 0 Å². The van der Waals surface area contributed by atoms with E-state index in [0.717, 1.165) is 17.5 Å². The van der Waals surface area contributed by atoms with Gasteiger partial charge < -0.3 is 0 Å². The first-order chi connectivity index (χ1) is 6.53. The van der Waals surface area contributed by atoms with Crippen LogP contribution < -0.4 is 5.14 Å². The molecule has 4 nitrogen and oxygen atoms in total. The van der Waals surface area contributed by atoms with Crippen molar-refractivity contribution in [3.8, 4) is 0 Å². The van der Waals surface area contributed by atoms with Gasteiger partial charge in [0.05, 0.1) is 6.61 Å². The van der Waals surface area contributed by atoms with Crippen LogP contribution in [0.4, 0.5) is 0 Å². The zero-order chi connectivity index (χ0) is 10.6. The number of aryl methyl sites for hydroxylation is 1. The molecule has 0 aliphatic carbocycles. The van der Waals surface area contributed by atoms with Crippen molar-refractivity contribution in [3.05, 3.63) is 35.4 Å². The van der Waals surface area contributed by atoms with Crippen LogP contribution in [0, 0.1) is 0 Å². The summed E-state index contributed by atoms with van der Waals surface area (Å²) in [6, 6.07) is 7.49. The van der Waals surface area contributed by atoms with E-state index in [1.165, 1.54) is 0 Å². The van der Waals surface area contributed by atoms with Crippen LogP contribution in [0.25, 0.3) is 0 Å². The van der Waals surface area contributed by atoms with Crippen molar-refractivity contribution in [1.82, 2.24) is 0 Å². The van der Waals surface area contributed by atoms with Gasteiger partial charge in [0.2, 0.25) is 0 Å². The van der Waals surface area contributed by atoms with Gasteiger partial charge in [-0.2, -0.15) is 8.42 Å². The number of rotatable bonds is 4. The summed E-state index contributed by atoms with van der Waals surface area (Å²) in [6.45, 7) is 2.00. The highest BCUT2D eigenvalue weighted by atomic mass is 32.2. The van der Waals surface area contributed by atoms with Crippen LogP contribution in [0.2, 0.25) is 0 Å². The second kappa shape index (κ2) is 4.54. The molecular weight excluding hydrogens is 202 g/mol. The Morgan fingerprint density at radius 1 is 1.29 bits per heavy atom. The molecule has 1 rings (SSSR count). The van der Waals surface area contributed by atoms with E-state index < -0.39 is 10.3 Å². The molecule has 14 heavy (non-hydrogen) atoms. The van der Waals surface area contributed by atoms with Gasteiger partial charge >= 0.3 is 10.3 Å². The highest BCUT2D eigenvalue weighted by Crippen LogP contribution is 2.11. The molecule has 0 unspecified atom stereocenters. The smallest absolute Gasteiger partial charge is 0.253 e. The molecule has 0 bridgehead atoms. The Hall–Kier alpha value is -0.910. The van der Waals surface area contributed by atoms with Gasteiger partial charge in [-0.25, -0.2) is 5.14 Å². The molecule has 2 N–H and O–H groups in total. The number of nitrogens with two attached hydrogens (primary N) is 1. The topological polar surface area (TPSA) is 69.4 Å². The molecule has 0 amide bonds. The molecular formula is C9H13NO3S. The van der Waals surface area contributed by atoms with Crippen LogP contribution in [0.15, 0.2) is 24.3 Å². The molecule has 5 heteroatoms. The summed E-state index contributed by atoms with van der Waals surface area (Å²) in [7, 11) is -3.85. The first-order valence-corrected chi connectivity index (χ1v) is 5.74. The molecule has 0 saturated heterocycles. The third-order valence-corrected chi connectivity index (χ3v) is 2.32. The van der Waals surface area contributed by atoms with E-state index in [2.05, 4.69) is 4.18 Å². The molecule has 1 aromatic carbocycles. The molecule has 0 saturated carbocycles. The van der Waals surface area contributed by atoms with Crippen molar-refractivity contribution >= 4 is 10.3 Å². The first-order valence-electron chi connectivity index (χ1n) is 4.27. The quantitative estimate of drug-likeness (QED) is 0.813. The Bertz CT molecular complexity index is 400. The fourth-order valence-corrected chi connectivity index (χ4v) is 1.48. The highest BCUT2D eigenvalue weighted by Gasteiger charge is 2.05. The van der Waals surface area contributed by atoms with E-state index in [1.54, 1.807) is 0 Å². The van der Waals surface area contributed by atoms with Crippen LogP contribution >= 0.6 is 0 Å². The Labute approximate surface area is 83.9 Å². The van der Waals surface area contributed by atoms with Crippen LogP contribution in [0.5, 0.6) is 0 Å². The molecule has 0 aromatic heterocycles. The van der Waals surface area contributed by atoms with E-state index >= 15 is 0 Å². The third-order valence-electron chi connectivity index (χ3n) is 1.88. The molecule has 78 valence electrons. The van der Waals surface area contributed by atoms with Crippen molar-refractivity contribution in [3.63, 3.8) is 0 Å². The summed E-state index contributed by atoms with van der Waals surface area (Å²) >= 11 is 0. The van der Waals surface area contributed by atoms with Crippen LogP contribution in [-0.2, 0) is 27.5 Å². The predicted molar refractivity (Wildman–Crippen MR) is 53.7 cm³/mol. The normalized spacial score (nSPS) is 11.6. The average molecular weight is 215 g/mol. The van der Waals surface area contributed by atoms with Gasteiger partial charge in [-0.1, -0.05) is 31.2 Å². The summed E-state index contributed by atoms with van der Waals surface area (Å²) in [4.78, 5) is 0. The van der Waals surface area contributed by atoms with Gasteiger partial charge in [0, 0.05) is 0 Å². The summed E-state index contributed by atoms with van der Waals surface area (Å²) in [5, 5.41) is 4.72. The van der Waals surface area contributed by atoms with Crippen molar-refractivity contribution in [1.29, 1.82) is 0 Å². The summed E-state index contributed by atoms with van der Waals surface area (Å²) in [5.41, 5.74) is 1.92. The molecule has 0 atom stereocenters. The minimum Gasteiger partial charge on any atom is -0.253 e. The molecule has 0 aliphatic rings. The number of benzene rings is 1. The minimum atomic E-state index is -3.85. The lowest BCUT2D eigenvalue weighted by molar-refractivity contribution is 0.307. The van der Waals surface area contributed by atoms with Crippen LogP contribution in [0.1, 0.15) is 18.1 Å². The molecule has 0 radical (unpaired) electrons. The zero-order valence-corrected chi connectivity index (χ0v) is 8.75. The standard InChI is InChI=1S/C9H13NO3S/c1-2-8-5-3-4-6-9(8)7-13-14(10,11)12/h3-6H,2,7H2,1H3,(H2,10,11,12). The average Bonchev–Trinajstić information content (AvgIpc) is 2.14. The molecule has 0 spiro atoms. The van der Waals surface area contributed by atoms with Crippen LogP contribution in [-0.4, -0.2) is 8.42 Å². The summed E-state index contributed by atoms with van der Waals surface area (Å²) in [6.07, 6.45) is 0.837. The van der Waals surface area contributed by atoms with Gasteiger partial charge in [-0.15, -0.1) is 0 Å². The maximum Gasteiger partial charge on any atom is 0.333 e. The van der Waals surface area contributed by atoms with Crippen molar-refractivity contribution in [2.45, 2.75) is 20.0 Å². The molecule has 0 aliphatic heterocycles. The molecule has 0 heterocycles. The van der Waals surface area contributed by atoms with E-state index in [4.69, 9.17) is 5.14 Å². The van der Waals surface area contributed by atoms with E-state index in [-0.39, 0.29) is 6.61 Å². The monoisotopic (exact) mass is 215 g/mol. The summed E-state index contributed by atoms with van der Waals surface area (Å²) in [5.74, 6) is 0. The Morgan fingerprint density at radius 2 is 1.86 bits per heavy atom. The van der Waals surface area contributed by atoms with Crippen LogP contribution in [0.3, 0.4) is 0 Å². The van der Waals surface area contributed by atoms with E-state index in [9.17, 15) is 8.42 Å². The lowest BCUT2D eigenvalue weighted by atomic mass is 10.1. The molecule has 1 aromatic rings. The maximum absolute atomic E-state index is 10.6. The third kappa shape index (κ3) is 3.45. The number of hydrogen-bond acceptors (Lipinski definition) is 3. The Balaban J connectivity index is 2.76. The number of hydrogen-bond donors (Lipinski definition) is 1. The SMILES string of the molecule is CCc1ccccc1COS(N)(=O)=O. The molecule has 0 fully saturated rings. The Kier molecular flexibility index (Phi) is 3.62. The second-order valence-electron chi connectivity index (χ2n) is 2.88. The highest BCUT2D eigenvalue weighted by molar-refractivity contribution is 7.84. The van der Waals surface area contributed by atoms with E-state index in [0.29, 0.717) is 0 Å². The van der Waals surface area contributed by atoms with Crippen molar-refractivity contribution < 1.29 is 12.6 Å². The fraction of sp³-hybridized carbons (Fsp3) is 0.333. The minimum absolute atomic E-state index is 0.00282. The lowest BCUT2D eigenvalue weighted by Crippen LogP contribution is -2.15. The van der Waals surface area contributed by atoms with Gasteiger partial charge in [-0.05, 0) is 17.5 Å². The van der Waals surface area contributed by atoms with Crippen molar-refractivity contribution in [2.24, 2.45) is 5.14 Å². The zero-order valence-electron chi connectivity index (χ0n) is 7.93. The van der Waals surface area contributed by atoms with E-state index in [1.807, 2.05) is 31.2 Å².